The number of nitrogen functional groups attached to an aromatic ring is 1. The number of carbonyl (C=O) groups is 1. The van der Waals surface area contributed by atoms with Gasteiger partial charge in [-0.3, -0.25) is 9.78 Å². The molecule has 0 aliphatic rings. The molecule has 5 heteroatoms. The molecule has 0 atom stereocenters. The van der Waals surface area contributed by atoms with Crippen LogP contribution in [-0.2, 0) is 6.54 Å². The van der Waals surface area contributed by atoms with E-state index >= 15 is 0 Å². The number of nitrogens with one attached hydrogen (secondary N) is 1. The first-order chi connectivity index (χ1) is 9.06. The van der Waals surface area contributed by atoms with Gasteiger partial charge in [0, 0.05) is 24.1 Å². The second-order valence-corrected chi connectivity index (χ2v) is 4.22. The van der Waals surface area contributed by atoms with Crippen LogP contribution in [0.15, 0.2) is 36.5 Å². The molecule has 0 fully saturated rings. The van der Waals surface area contributed by atoms with Crippen molar-refractivity contribution in [3.63, 3.8) is 0 Å². The number of nitrogens with two attached hydrogens (primary N) is 1. The van der Waals surface area contributed by atoms with Crippen LogP contribution in [0.25, 0.3) is 0 Å². The van der Waals surface area contributed by atoms with Gasteiger partial charge in [-0.15, -0.1) is 0 Å². The number of nitrogens with zero attached hydrogens (tertiary/aromatic N) is 1. The average molecular weight is 259 g/mol. The summed E-state index contributed by atoms with van der Waals surface area (Å²) in [4.78, 5) is 16.0. The smallest absolute Gasteiger partial charge is 0.253 e. The van der Waals surface area contributed by atoms with Crippen molar-refractivity contribution in [3.05, 3.63) is 59.2 Å². The highest BCUT2D eigenvalue weighted by molar-refractivity contribution is 5.99. The molecule has 1 amide bonds. The largest absolute Gasteiger partial charge is 0.398 e. The molecule has 0 saturated carbocycles. The minimum Gasteiger partial charge on any atom is -0.398 e. The molecule has 0 bridgehead atoms. The number of hydrogen-bond donors (Lipinski definition) is 2. The summed E-state index contributed by atoms with van der Waals surface area (Å²) in [6, 6.07) is 7.46. The molecule has 2 rings (SSSR count). The van der Waals surface area contributed by atoms with E-state index in [9.17, 15) is 9.18 Å². The first-order valence-corrected chi connectivity index (χ1v) is 5.81. The number of hydrogen-bond acceptors (Lipinski definition) is 3. The highest BCUT2D eigenvalue weighted by Crippen LogP contribution is 2.13. The Morgan fingerprint density at radius 2 is 2.16 bits per heavy atom. The summed E-state index contributed by atoms with van der Waals surface area (Å²) in [7, 11) is 0. The third-order valence-corrected chi connectivity index (χ3v) is 2.68. The van der Waals surface area contributed by atoms with Gasteiger partial charge in [0.05, 0.1) is 5.56 Å². The highest BCUT2D eigenvalue weighted by atomic mass is 19.1. The average Bonchev–Trinajstić information content (AvgIpc) is 2.37. The summed E-state index contributed by atoms with van der Waals surface area (Å²) < 4.78 is 12.9. The van der Waals surface area contributed by atoms with Crippen LogP contribution in [-0.4, -0.2) is 10.9 Å². The molecule has 1 aromatic heterocycles. The van der Waals surface area contributed by atoms with Crippen LogP contribution in [0.5, 0.6) is 0 Å². The van der Waals surface area contributed by atoms with Crippen LogP contribution < -0.4 is 11.1 Å². The number of benzene rings is 1. The second-order valence-electron chi connectivity index (χ2n) is 4.22. The molecule has 2 aromatic rings. The lowest BCUT2D eigenvalue weighted by atomic mass is 10.1. The lowest BCUT2D eigenvalue weighted by molar-refractivity contribution is 0.0951. The normalized spacial score (nSPS) is 10.2. The Bertz CT molecular complexity index is 596. The van der Waals surface area contributed by atoms with E-state index < -0.39 is 5.82 Å². The topological polar surface area (TPSA) is 68.0 Å². The van der Waals surface area contributed by atoms with Gasteiger partial charge in [0.2, 0.25) is 0 Å². The number of amides is 1. The monoisotopic (exact) mass is 259 g/mol. The molecule has 0 aliphatic heterocycles. The summed E-state index contributed by atoms with van der Waals surface area (Å²) >= 11 is 0. The van der Waals surface area contributed by atoms with Crippen molar-refractivity contribution >= 4 is 11.6 Å². The van der Waals surface area contributed by atoms with Crippen LogP contribution in [0.4, 0.5) is 10.1 Å². The number of halogens is 1. The van der Waals surface area contributed by atoms with Crippen molar-refractivity contribution in [1.82, 2.24) is 10.3 Å². The lowest BCUT2D eigenvalue weighted by Gasteiger charge is -2.07. The minimum atomic E-state index is -0.461. The molecule has 19 heavy (non-hydrogen) atoms. The summed E-state index contributed by atoms with van der Waals surface area (Å²) in [5, 5.41) is 2.71. The van der Waals surface area contributed by atoms with E-state index in [-0.39, 0.29) is 17.2 Å². The number of pyridine rings is 1. The maximum absolute atomic E-state index is 12.9. The van der Waals surface area contributed by atoms with Gasteiger partial charge >= 0.3 is 0 Å². The standard InChI is InChI=1S/C14H14FN3O/c1-9-2-3-10(7-17-9)8-18-14(19)12-5-4-11(15)6-13(12)16/h2-7H,8,16H2,1H3,(H,18,19). The Hall–Kier alpha value is -2.43. The molecule has 1 aromatic carbocycles. The van der Waals surface area contributed by atoms with E-state index in [4.69, 9.17) is 5.73 Å². The number of aryl methyl sites for hydroxylation is 1. The van der Waals surface area contributed by atoms with Crippen LogP contribution >= 0.6 is 0 Å². The van der Waals surface area contributed by atoms with Gasteiger partial charge in [-0.05, 0) is 36.8 Å². The van der Waals surface area contributed by atoms with Gasteiger partial charge in [0.15, 0.2) is 0 Å². The molecule has 4 nitrogen and oxygen atoms in total. The quantitative estimate of drug-likeness (QED) is 0.829. The fourth-order valence-corrected chi connectivity index (χ4v) is 1.62. The first kappa shape index (κ1) is 13.0. The summed E-state index contributed by atoms with van der Waals surface area (Å²) in [5.74, 6) is -0.796. The third kappa shape index (κ3) is 3.28. The van der Waals surface area contributed by atoms with Crippen molar-refractivity contribution in [3.8, 4) is 0 Å². The molecule has 0 saturated heterocycles. The fourth-order valence-electron chi connectivity index (χ4n) is 1.62. The molecule has 0 unspecified atom stereocenters. The predicted octanol–water partition coefficient (Wildman–Crippen LogP) is 2.04. The van der Waals surface area contributed by atoms with Gasteiger partial charge in [-0.1, -0.05) is 6.07 Å². The molecule has 0 aliphatic carbocycles. The number of aromatic nitrogens is 1. The molecule has 0 spiro atoms. The van der Waals surface area contributed by atoms with Crippen LogP contribution in [0.2, 0.25) is 0 Å². The van der Waals surface area contributed by atoms with Crippen molar-refractivity contribution in [2.45, 2.75) is 13.5 Å². The van der Waals surface area contributed by atoms with Crippen LogP contribution in [0, 0.1) is 12.7 Å². The van der Waals surface area contributed by atoms with E-state index in [0.29, 0.717) is 6.54 Å². The highest BCUT2D eigenvalue weighted by Gasteiger charge is 2.09. The van der Waals surface area contributed by atoms with Gasteiger partial charge in [0.1, 0.15) is 5.82 Å². The minimum absolute atomic E-state index is 0.125. The Kier molecular flexibility index (Phi) is 3.75. The molecular weight excluding hydrogens is 245 g/mol. The van der Waals surface area contributed by atoms with Crippen molar-refractivity contribution in [1.29, 1.82) is 0 Å². The van der Waals surface area contributed by atoms with Gasteiger partial charge < -0.3 is 11.1 Å². The van der Waals surface area contributed by atoms with E-state index in [0.717, 1.165) is 17.3 Å². The van der Waals surface area contributed by atoms with E-state index in [1.54, 1.807) is 6.20 Å². The van der Waals surface area contributed by atoms with Gasteiger partial charge in [-0.2, -0.15) is 0 Å². The zero-order valence-electron chi connectivity index (χ0n) is 10.5. The third-order valence-electron chi connectivity index (χ3n) is 2.68. The Labute approximate surface area is 110 Å². The van der Waals surface area contributed by atoms with Gasteiger partial charge in [0.25, 0.3) is 5.91 Å². The molecule has 0 radical (unpaired) electrons. The number of anilines is 1. The van der Waals surface area contributed by atoms with E-state index in [2.05, 4.69) is 10.3 Å². The fraction of sp³-hybridized carbons (Fsp3) is 0.143. The number of carbonyl (C=O) groups excluding carboxylic acids is 1. The Balaban J connectivity index is 2.03. The Morgan fingerprint density at radius 1 is 1.37 bits per heavy atom. The van der Waals surface area contributed by atoms with Crippen LogP contribution in [0.3, 0.4) is 0 Å². The maximum atomic E-state index is 12.9. The molecular formula is C14H14FN3O. The second kappa shape index (κ2) is 5.48. The van der Waals surface area contributed by atoms with E-state index in [1.165, 1.54) is 12.1 Å². The van der Waals surface area contributed by atoms with E-state index in [1.807, 2.05) is 19.1 Å². The van der Waals surface area contributed by atoms with Crippen LogP contribution in [0.1, 0.15) is 21.6 Å². The summed E-state index contributed by atoms with van der Waals surface area (Å²) in [6.07, 6.45) is 1.70. The van der Waals surface area contributed by atoms with Crippen molar-refractivity contribution in [2.75, 3.05) is 5.73 Å². The first-order valence-electron chi connectivity index (χ1n) is 5.81. The predicted molar refractivity (Wildman–Crippen MR) is 71.0 cm³/mol. The summed E-state index contributed by atoms with van der Waals surface area (Å²) in [5.41, 5.74) is 7.79. The molecule has 1 heterocycles. The molecule has 98 valence electrons. The SMILES string of the molecule is Cc1ccc(CNC(=O)c2ccc(F)cc2N)cn1. The van der Waals surface area contributed by atoms with Crippen molar-refractivity contribution < 1.29 is 9.18 Å². The lowest BCUT2D eigenvalue weighted by Crippen LogP contribution is -2.23. The summed E-state index contributed by atoms with van der Waals surface area (Å²) in [6.45, 7) is 2.24. The van der Waals surface area contributed by atoms with Gasteiger partial charge in [-0.25, -0.2) is 4.39 Å². The Morgan fingerprint density at radius 3 is 2.79 bits per heavy atom. The zero-order chi connectivity index (χ0) is 13.8. The number of rotatable bonds is 3. The molecule has 3 N–H and O–H groups in total. The van der Waals surface area contributed by atoms with Crippen molar-refractivity contribution in [2.24, 2.45) is 0 Å². The maximum Gasteiger partial charge on any atom is 0.253 e. The zero-order valence-corrected chi connectivity index (χ0v) is 10.5.